The smallest absolute Gasteiger partial charge is 0.355 e. The molecule has 34 heavy (non-hydrogen) atoms. The summed E-state index contributed by atoms with van der Waals surface area (Å²) in [6, 6.07) is 20.5. The normalized spacial score (nSPS) is 10.7. The molecule has 0 bridgehead atoms. The van der Waals surface area contributed by atoms with Gasteiger partial charge in [-0.05, 0) is 48.5 Å². The van der Waals surface area contributed by atoms with Crippen LogP contribution < -0.4 is 15.5 Å². The molecule has 0 atom stereocenters. The molecule has 0 unspecified atom stereocenters. The number of esters is 1. The molecule has 0 aliphatic rings. The fourth-order valence-corrected chi connectivity index (χ4v) is 3.93. The minimum atomic E-state index is -0.714. The molecule has 0 spiro atoms. The van der Waals surface area contributed by atoms with Crippen LogP contribution in [0.5, 0.6) is 5.75 Å². The van der Waals surface area contributed by atoms with Crippen LogP contribution in [-0.2, 0) is 11.3 Å². The lowest BCUT2D eigenvalue weighted by Gasteiger charge is -2.20. The first-order chi connectivity index (χ1) is 16.4. The number of aromatic nitrogens is 1. The number of rotatable bonds is 6. The van der Waals surface area contributed by atoms with Gasteiger partial charge in [-0.3, -0.25) is 9.59 Å². The lowest BCUT2D eigenvalue weighted by molar-refractivity contribution is 0.0589. The van der Waals surface area contributed by atoms with E-state index in [2.05, 4.69) is 5.32 Å². The van der Waals surface area contributed by atoms with Gasteiger partial charge >= 0.3 is 5.97 Å². The summed E-state index contributed by atoms with van der Waals surface area (Å²) in [5.74, 6) is -0.609. The van der Waals surface area contributed by atoms with E-state index in [1.165, 1.54) is 14.2 Å². The largest absolute Gasteiger partial charge is 0.497 e. The van der Waals surface area contributed by atoms with Gasteiger partial charge in [0.2, 0.25) is 0 Å². The van der Waals surface area contributed by atoms with E-state index in [4.69, 9.17) is 21.1 Å². The molecule has 0 radical (unpaired) electrons. The summed E-state index contributed by atoms with van der Waals surface area (Å²) >= 11 is 6.23. The standard InChI is InChI=1S/C26H21ClN2O5/c1-33-19-10-6-7-16(13-19)25(31)28-15-21-23(26(32)34-2)29(18-8-4-3-5-9-18)22-14-17(27)11-12-20(22)24(21)30/h3-14H,15H2,1-2H3,(H,28,31). The first-order valence-corrected chi connectivity index (χ1v) is 10.8. The van der Waals surface area contributed by atoms with Crippen LogP contribution in [0.3, 0.4) is 0 Å². The molecular weight excluding hydrogens is 456 g/mol. The fourth-order valence-electron chi connectivity index (χ4n) is 3.76. The zero-order valence-electron chi connectivity index (χ0n) is 18.5. The molecule has 4 aromatic rings. The maximum Gasteiger partial charge on any atom is 0.355 e. The van der Waals surface area contributed by atoms with Crippen molar-refractivity contribution in [1.82, 2.24) is 9.88 Å². The second-order valence-corrected chi connectivity index (χ2v) is 7.83. The van der Waals surface area contributed by atoms with E-state index in [-0.39, 0.29) is 17.8 Å². The zero-order chi connectivity index (χ0) is 24.2. The average Bonchev–Trinajstić information content (AvgIpc) is 2.87. The molecule has 1 amide bonds. The molecule has 172 valence electrons. The number of para-hydroxylation sites is 1. The van der Waals surface area contributed by atoms with Gasteiger partial charge in [0, 0.05) is 28.2 Å². The summed E-state index contributed by atoms with van der Waals surface area (Å²) in [5, 5.41) is 3.50. The van der Waals surface area contributed by atoms with Gasteiger partial charge < -0.3 is 19.4 Å². The third kappa shape index (κ3) is 4.38. The monoisotopic (exact) mass is 476 g/mol. The third-order valence-electron chi connectivity index (χ3n) is 5.38. The van der Waals surface area contributed by atoms with E-state index in [9.17, 15) is 14.4 Å². The number of methoxy groups -OCH3 is 2. The summed E-state index contributed by atoms with van der Waals surface area (Å²) in [6.07, 6.45) is 0. The van der Waals surface area contributed by atoms with Crippen LogP contribution in [0, 0.1) is 0 Å². The number of halogens is 1. The number of nitrogens with zero attached hydrogens (tertiary/aromatic N) is 1. The van der Waals surface area contributed by atoms with E-state index in [0.717, 1.165) is 0 Å². The minimum Gasteiger partial charge on any atom is -0.497 e. The van der Waals surface area contributed by atoms with Crippen molar-refractivity contribution in [2.45, 2.75) is 6.54 Å². The molecule has 1 aromatic heterocycles. The number of hydrogen-bond acceptors (Lipinski definition) is 5. The Labute approximate surface area is 200 Å². The molecule has 0 saturated heterocycles. The van der Waals surface area contributed by atoms with E-state index in [0.29, 0.717) is 32.9 Å². The number of benzene rings is 3. The second kappa shape index (κ2) is 9.80. The van der Waals surface area contributed by atoms with Crippen LogP contribution in [0.4, 0.5) is 0 Å². The van der Waals surface area contributed by atoms with Crippen molar-refractivity contribution in [2.24, 2.45) is 0 Å². The van der Waals surface area contributed by atoms with Crippen LogP contribution in [0.15, 0.2) is 77.6 Å². The van der Waals surface area contributed by atoms with E-state index >= 15 is 0 Å². The highest BCUT2D eigenvalue weighted by Crippen LogP contribution is 2.25. The summed E-state index contributed by atoms with van der Waals surface area (Å²) in [7, 11) is 2.75. The zero-order valence-corrected chi connectivity index (χ0v) is 19.3. The van der Waals surface area contributed by atoms with E-state index in [1.54, 1.807) is 59.2 Å². The number of nitrogens with one attached hydrogen (secondary N) is 1. The Bertz CT molecular complexity index is 1450. The molecule has 0 fully saturated rings. The molecule has 4 rings (SSSR count). The van der Waals surface area contributed by atoms with Crippen molar-refractivity contribution in [2.75, 3.05) is 14.2 Å². The van der Waals surface area contributed by atoms with Gasteiger partial charge in [-0.1, -0.05) is 35.9 Å². The SMILES string of the molecule is COC(=O)c1c(CNC(=O)c2cccc(OC)c2)c(=O)c2ccc(Cl)cc2n1-c1ccccc1. The highest BCUT2D eigenvalue weighted by molar-refractivity contribution is 6.31. The summed E-state index contributed by atoms with van der Waals surface area (Å²) < 4.78 is 11.8. The van der Waals surface area contributed by atoms with Crippen molar-refractivity contribution in [3.8, 4) is 11.4 Å². The summed E-state index contributed by atoms with van der Waals surface area (Å²) in [4.78, 5) is 39.2. The molecule has 0 saturated carbocycles. The second-order valence-electron chi connectivity index (χ2n) is 7.39. The lowest BCUT2D eigenvalue weighted by atomic mass is 10.1. The number of fused-ring (bicyclic) bond motifs is 1. The number of carbonyl (C=O) groups is 2. The quantitative estimate of drug-likeness (QED) is 0.418. The molecule has 0 aliphatic heterocycles. The average molecular weight is 477 g/mol. The number of hydrogen-bond donors (Lipinski definition) is 1. The number of carbonyl (C=O) groups excluding carboxylic acids is 2. The predicted octanol–water partition coefficient (Wildman–Crippen LogP) is 4.37. The van der Waals surface area contributed by atoms with Crippen molar-refractivity contribution in [3.63, 3.8) is 0 Å². The van der Waals surface area contributed by atoms with Gasteiger partial charge in [-0.2, -0.15) is 0 Å². The van der Waals surface area contributed by atoms with Gasteiger partial charge in [0.15, 0.2) is 5.43 Å². The fraction of sp³-hybridized carbons (Fsp3) is 0.115. The maximum atomic E-state index is 13.5. The first-order valence-electron chi connectivity index (χ1n) is 10.4. The molecular formula is C26H21ClN2O5. The molecule has 0 aliphatic carbocycles. The minimum absolute atomic E-state index is 0.0133. The molecule has 1 N–H and O–H groups in total. The Hall–Kier alpha value is -4.10. The lowest BCUT2D eigenvalue weighted by Crippen LogP contribution is -2.31. The van der Waals surface area contributed by atoms with Crippen LogP contribution in [0.2, 0.25) is 5.02 Å². The molecule has 8 heteroatoms. The Morgan fingerprint density at radius 3 is 2.44 bits per heavy atom. The predicted molar refractivity (Wildman–Crippen MR) is 130 cm³/mol. The van der Waals surface area contributed by atoms with Crippen LogP contribution in [0.1, 0.15) is 26.4 Å². The summed E-state index contributed by atoms with van der Waals surface area (Å²) in [6.45, 7) is -0.190. The Balaban J connectivity index is 1.90. The first kappa shape index (κ1) is 23.1. The van der Waals surface area contributed by atoms with Crippen LogP contribution >= 0.6 is 11.6 Å². The Kier molecular flexibility index (Phi) is 6.65. The molecule has 1 heterocycles. The maximum absolute atomic E-state index is 13.5. The highest BCUT2D eigenvalue weighted by Gasteiger charge is 2.24. The van der Waals surface area contributed by atoms with Crippen LogP contribution in [-0.4, -0.2) is 30.7 Å². The van der Waals surface area contributed by atoms with Crippen molar-refractivity contribution in [1.29, 1.82) is 0 Å². The van der Waals surface area contributed by atoms with E-state index < -0.39 is 17.3 Å². The van der Waals surface area contributed by atoms with Crippen molar-refractivity contribution >= 4 is 34.4 Å². The molecule has 7 nitrogen and oxygen atoms in total. The Morgan fingerprint density at radius 1 is 0.971 bits per heavy atom. The van der Waals surface area contributed by atoms with Gasteiger partial charge in [0.25, 0.3) is 5.91 Å². The Morgan fingerprint density at radius 2 is 1.74 bits per heavy atom. The van der Waals surface area contributed by atoms with Gasteiger partial charge in [0.1, 0.15) is 11.4 Å². The van der Waals surface area contributed by atoms with Crippen LogP contribution in [0.25, 0.3) is 16.6 Å². The third-order valence-corrected chi connectivity index (χ3v) is 5.61. The van der Waals surface area contributed by atoms with Crippen molar-refractivity contribution < 1.29 is 19.1 Å². The number of amides is 1. The number of pyridine rings is 1. The topological polar surface area (TPSA) is 86.6 Å². The van der Waals surface area contributed by atoms with Gasteiger partial charge in [0.05, 0.1) is 25.3 Å². The van der Waals surface area contributed by atoms with Gasteiger partial charge in [-0.15, -0.1) is 0 Å². The summed E-state index contributed by atoms with van der Waals surface area (Å²) in [5.41, 5.74) is 1.16. The van der Waals surface area contributed by atoms with Gasteiger partial charge in [-0.25, -0.2) is 4.79 Å². The highest BCUT2D eigenvalue weighted by atomic mass is 35.5. The van der Waals surface area contributed by atoms with E-state index in [1.807, 2.05) is 18.2 Å². The molecule has 3 aromatic carbocycles. The number of ether oxygens (including phenoxy) is 2. The van der Waals surface area contributed by atoms with Crippen molar-refractivity contribution in [3.05, 3.63) is 105 Å².